The van der Waals surface area contributed by atoms with Gasteiger partial charge in [0.15, 0.2) is 5.82 Å². The second kappa shape index (κ2) is 5.66. The molecule has 0 aliphatic heterocycles. The molecule has 20 heavy (non-hydrogen) atoms. The van der Waals surface area contributed by atoms with E-state index in [1.54, 1.807) is 6.33 Å². The number of aryl methyl sites for hydroxylation is 2. The molecule has 0 saturated heterocycles. The molecule has 0 unspecified atom stereocenters. The van der Waals surface area contributed by atoms with E-state index in [1.165, 1.54) is 0 Å². The maximum atomic E-state index is 5.94. The largest absolute Gasteiger partial charge is 0.389 e. The summed E-state index contributed by atoms with van der Waals surface area (Å²) in [5, 5.41) is 8.65. The SMILES string of the molecule is CCc1nnc(-n2cnc(C)c2C)c(C(N)=S)c1CC. The number of nitrogens with zero attached hydrogens (tertiary/aromatic N) is 4. The molecule has 0 aliphatic carbocycles. The molecule has 6 heteroatoms. The van der Waals surface area contributed by atoms with Crippen molar-refractivity contribution in [3.05, 3.63) is 34.5 Å². The highest BCUT2D eigenvalue weighted by Gasteiger charge is 2.19. The van der Waals surface area contributed by atoms with Crippen LogP contribution in [0.5, 0.6) is 0 Å². The molecule has 5 nitrogen and oxygen atoms in total. The van der Waals surface area contributed by atoms with Gasteiger partial charge in [-0.1, -0.05) is 26.1 Å². The van der Waals surface area contributed by atoms with Crippen molar-refractivity contribution in [2.24, 2.45) is 5.73 Å². The zero-order valence-corrected chi connectivity index (χ0v) is 13.1. The van der Waals surface area contributed by atoms with Crippen molar-refractivity contribution in [1.82, 2.24) is 19.7 Å². The summed E-state index contributed by atoms with van der Waals surface area (Å²) in [7, 11) is 0. The zero-order valence-electron chi connectivity index (χ0n) is 12.3. The molecule has 0 atom stereocenters. The molecule has 0 aliphatic rings. The van der Waals surface area contributed by atoms with Gasteiger partial charge >= 0.3 is 0 Å². The number of hydrogen-bond donors (Lipinski definition) is 1. The Hall–Kier alpha value is -1.82. The second-order valence-electron chi connectivity index (χ2n) is 4.68. The first kappa shape index (κ1) is 14.6. The molecule has 0 spiro atoms. The minimum Gasteiger partial charge on any atom is -0.389 e. The summed E-state index contributed by atoms with van der Waals surface area (Å²) in [6, 6.07) is 0. The molecule has 0 amide bonds. The fraction of sp³-hybridized carbons (Fsp3) is 0.429. The molecule has 2 N–H and O–H groups in total. The van der Waals surface area contributed by atoms with Crippen molar-refractivity contribution in [1.29, 1.82) is 0 Å². The van der Waals surface area contributed by atoms with Crippen molar-refractivity contribution in [2.45, 2.75) is 40.5 Å². The molecule has 0 fully saturated rings. The maximum absolute atomic E-state index is 5.94. The highest BCUT2D eigenvalue weighted by Crippen LogP contribution is 2.22. The van der Waals surface area contributed by atoms with E-state index in [-0.39, 0.29) is 0 Å². The van der Waals surface area contributed by atoms with Gasteiger partial charge in [0.2, 0.25) is 0 Å². The molecule has 2 aromatic heterocycles. The van der Waals surface area contributed by atoms with Crippen molar-refractivity contribution >= 4 is 17.2 Å². The topological polar surface area (TPSA) is 69.6 Å². The Kier molecular flexibility index (Phi) is 4.13. The monoisotopic (exact) mass is 289 g/mol. The summed E-state index contributed by atoms with van der Waals surface area (Å²) in [5.41, 5.74) is 10.8. The highest BCUT2D eigenvalue weighted by molar-refractivity contribution is 7.80. The second-order valence-corrected chi connectivity index (χ2v) is 5.12. The lowest BCUT2D eigenvalue weighted by atomic mass is 10.0. The van der Waals surface area contributed by atoms with E-state index in [2.05, 4.69) is 29.0 Å². The Balaban J connectivity index is 2.77. The molecule has 0 aromatic carbocycles. The Bertz CT molecular complexity index is 660. The highest BCUT2D eigenvalue weighted by atomic mass is 32.1. The van der Waals surface area contributed by atoms with Crippen LogP contribution in [-0.2, 0) is 12.8 Å². The fourth-order valence-corrected chi connectivity index (χ4v) is 2.52. The molecule has 2 rings (SSSR count). The first-order valence-electron chi connectivity index (χ1n) is 6.70. The molecular weight excluding hydrogens is 270 g/mol. The molecule has 2 aromatic rings. The first-order valence-corrected chi connectivity index (χ1v) is 7.11. The quantitative estimate of drug-likeness (QED) is 0.872. The van der Waals surface area contributed by atoms with Crippen molar-refractivity contribution < 1.29 is 0 Å². The Morgan fingerprint density at radius 2 is 1.95 bits per heavy atom. The summed E-state index contributed by atoms with van der Waals surface area (Å²) < 4.78 is 1.90. The average molecular weight is 289 g/mol. The van der Waals surface area contributed by atoms with Crippen LogP contribution in [-0.4, -0.2) is 24.7 Å². The van der Waals surface area contributed by atoms with Gasteiger partial charge in [-0.3, -0.25) is 4.57 Å². The summed E-state index contributed by atoms with van der Waals surface area (Å²) in [6.07, 6.45) is 3.38. The maximum Gasteiger partial charge on any atom is 0.171 e. The molecular formula is C14H19N5S. The van der Waals surface area contributed by atoms with E-state index in [0.29, 0.717) is 10.8 Å². The Morgan fingerprint density at radius 3 is 2.40 bits per heavy atom. The van der Waals surface area contributed by atoms with Crippen molar-refractivity contribution in [3.8, 4) is 5.82 Å². The Morgan fingerprint density at radius 1 is 1.25 bits per heavy atom. The van der Waals surface area contributed by atoms with Crippen molar-refractivity contribution in [2.75, 3.05) is 0 Å². The van der Waals surface area contributed by atoms with E-state index in [4.69, 9.17) is 18.0 Å². The Labute approximate surface area is 124 Å². The van der Waals surface area contributed by atoms with Crippen LogP contribution in [0.3, 0.4) is 0 Å². The van der Waals surface area contributed by atoms with Crippen LogP contribution in [0.4, 0.5) is 0 Å². The minimum absolute atomic E-state index is 0.354. The van der Waals surface area contributed by atoms with Crippen LogP contribution in [0.1, 0.15) is 42.1 Å². The van der Waals surface area contributed by atoms with E-state index in [0.717, 1.165) is 41.1 Å². The molecule has 0 saturated carbocycles. The van der Waals surface area contributed by atoms with Crippen LogP contribution < -0.4 is 5.73 Å². The van der Waals surface area contributed by atoms with Crippen LogP contribution >= 0.6 is 12.2 Å². The smallest absolute Gasteiger partial charge is 0.171 e. The standard InChI is InChI=1S/C14H19N5S/c1-5-10-11(6-2)17-18-14(12(10)13(15)20)19-7-16-8(3)9(19)4/h7H,5-6H2,1-4H3,(H2,15,20). The zero-order chi connectivity index (χ0) is 14.9. The van der Waals surface area contributed by atoms with Crippen LogP contribution in [0, 0.1) is 13.8 Å². The van der Waals surface area contributed by atoms with Gasteiger partial charge in [-0.05, 0) is 32.3 Å². The van der Waals surface area contributed by atoms with Crippen LogP contribution in [0.15, 0.2) is 6.33 Å². The number of nitrogens with two attached hydrogens (primary N) is 1. The molecule has 2 heterocycles. The third-order valence-corrected chi connectivity index (χ3v) is 3.76. The summed E-state index contributed by atoms with van der Waals surface area (Å²) in [6.45, 7) is 8.08. The fourth-order valence-electron chi connectivity index (χ4n) is 2.30. The lowest BCUT2D eigenvalue weighted by Crippen LogP contribution is -2.20. The molecule has 0 radical (unpaired) electrons. The first-order chi connectivity index (χ1) is 9.51. The van der Waals surface area contributed by atoms with Gasteiger partial charge < -0.3 is 5.73 Å². The molecule has 106 valence electrons. The van der Waals surface area contributed by atoms with Crippen LogP contribution in [0.25, 0.3) is 5.82 Å². The normalized spacial score (nSPS) is 10.8. The van der Waals surface area contributed by atoms with Gasteiger partial charge in [0.05, 0.1) is 17.0 Å². The summed E-state index contributed by atoms with van der Waals surface area (Å²) in [5.74, 6) is 0.671. The number of aromatic nitrogens is 4. The van der Waals surface area contributed by atoms with Gasteiger partial charge in [0.25, 0.3) is 0 Å². The van der Waals surface area contributed by atoms with Crippen molar-refractivity contribution in [3.63, 3.8) is 0 Å². The third kappa shape index (κ3) is 2.31. The van der Waals surface area contributed by atoms with Gasteiger partial charge in [-0.15, -0.1) is 5.10 Å². The lowest BCUT2D eigenvalue weighted by molar-refractivity contribution is 0.822. The van der Waals surface area contributed by atoms with E-state index in [1.807, 2.05) is 18.4 Å². The van der Waals surface area contributed by atoms with E-state index >= 15 is 0 Å². The van der Waals surface area contributed by atoms with Crippen LogP contribution in [0.2, 0.25) is 0 Å². The van der Waals surface area contributed by atoms with E-state index in [9.17, 15) is 0 Å². The number of hydrogen-bond acceptors (Lipinski definition) is 4. The van der Waals surface area contributed by atoms with Gasteiger partial charge in [-0.2, -0.15) is 5.10 Å². The number of imidazole rings is 1. The van der Waals surface area contributed by atoms with Gasteiger partial charge in [0, 0.05) is 5.69 Å². The summed E-state index contributed by atoms with van der Waals surface area (Å²) in [4.78, 5) is 4.66. The van der Waals surface area contributed by atoms with E-state index < -0.39 is 0 Å². The summed E-state index contributed by atoms with van der Waals surface area (Å²) >= 11 is 5.24. The molecule has 0 bridgehead atoms. The lowest BCUT2D eigenvalue weighted by Gasteiger charge is -2.15. The van der Waals surface area contributed by atoms with Gasteiger partial charge in [0.1, 0.15) is 11.3 Å². The minimum atomic E-state index is 0.354. The third-order valence-electron chi connectivity index (χ3n) is 3.55. The number of thiocarbonyl (C=S) groups is 1. The van der Waals surface area contributed by atoms with Gasteiger partial charge in [-0.25, -0.2) is 4.98 Å². The predicted octanol–water partition coefficient (Wildman–Crippen LogP) is 2.04. The average Bonchev–Trinajstić information content (AvgIpc) is 2.77. The number of rotatable bonds is 4. The predicted molar refractivity (Wildman–Crippen MR) is 83.3 cm³/mol.